The molecule has 0 aliphatic heterocycles. The van der Waals surface area contributed by atoms with E-state index in [1.54, 1.807) is 19.1 Å². The number of rotatable bonds is 6. The number of aliphatic hydroxyl groups is 1. The predicted octanol–water partition coefficient (Wildman–Crippen LogP) is 0.223. The number of amides is 2. The molecule has 1 aromatic rings. The average Bonchev–Trinajstić information content (AvgIpc) is 2.72. The third-order valence-corrected chi connectivity index (χ3v) is 2.21. The minimum Gasteiger partial charge on any atom is -0.479 e. The SMILES string of the molecule is Cc1ccc(CNC(=O)NCCC(O)C(=O)O)o1. The highest BCUT2D eigenvalue weighted by Crippen LogP contribution is 2.05. The van der Waals surface area contributed by atoms with E-state index in [1.807, 2.05) is 0 Å². The Morgan fingerprint density at radius 3 is 2.67 bits per heavy atom. The van der Waals surface area contributed by atoms with Gasteiger partial charge in [0.15, 0.2) is 6.10 Å². The molecule has 4 N–H and O–H groups in total. The molecule has 0 aromatic carbocycles. The van der Waals surface area contributed by atoms with Crippen LogP contribution in [0.4, 0.5) is 4.79 Å². The summed E-state index contributed by atoms with van der Waals surface area (Å²) in [5.41, 5.74) is 0. The quantitative estimate of drug-likeness (QED) is 0.582. The van der Waals surface area contributed by atoms with Gasteiger partial charge in [0.05, 0.1) is 6.54 Å². The number of furan rings is 1. The van der Waals surface area contributed by atoms with E-state index in [2.05, 4.69) is 10.6 Å². The molecule has 18 heavy (non-hydrogen) atoms. The van der Waals surface area contributed by atoms with Crippen LogP contribution in [0.3, 0.4) is 0 Å². The predicted molar refractivity (Wildman–Crippen MR) is 61.9 cm³/mol. The van der Waals surface area contributed by atoms with E-state index < -0.39 is 18.1 Å². The molecule has 0 bridgehead atoms. The number of hydrogen-bond donors (Lipinski definition) is 4. The molecule has 1 rings (SSSR count). The maximum Gasteiger partial charge on any atom is 0.332 e. The summed E-state index contributed by atoms with van der Waals surface area (Å²) in [6, 6.07) is 3.10. The Balaban J connectivity index is 2.16. The molecule has 7 nitrogen and oxygen atoms in total. The molecular formula is C11H16N2O5. The Kier molecular flexibility index (Phi) is 5.19. The topological polar surface area (TPSA) is 112 Å². The van der Waals surface area contributed by atoms with Gasteiger partial charge in [0, 0.05) is 13.0 Å². The molecule has 0 aliphatic rings. The number of aliphatic hydroxyl groups excluding tert-OH is 1. The van der Waals surface area contributed by atoms with Crippen LogP contribution in [-0.2, 0) is 11.3 Å². The van der Waals surface area contributed by atoms with Crippen LogP contribution < -0.4 is 10.6 Å². The largest absolute Gasteiger partial charge is 0.479 e. The van der Waals surface area contributed by atoms with Gasteiger partial charge < -0.3 is 25.3 Å². The zero-order chi connectivity index (χ0) is 13.5. The Hall–Kier alpha value is -2.02. The fraction of sp³-hybridized carbons (Fsp3) is 0.455. The fourth-order valence-corrected chi connectivity index (χ4v) is 1.26. The highest BCUT2D eigenvalue weighted by molar-refractivity contribution is 5.74. The summed E-state index contributed by atoms with van der Waals surface area (Å²) >= 11 is 0. The van der Waals surface area contributed by atoms with Gasteiger partial charge in [-0.05, 0) is 19.1 Å². The van der Waals surface area contributed by atoms with Crippen molar-refractivity contribution in [3.63, 3.8) is 0 Å². The van der Waals surface area contributed by atoms with Crippen molar-refractivity contribution in [2.75, 3.05) is 6.54 Å². The maximum absolute atomic E-state index is 11.3. The van der Waals surface area contributed by atoms with E-state index in [-0.39, 0.29) is 19.5 Å². The summed E-state index contributed by atoms with van der Waals surface area (Å²) < 4.78 is 5.25. The summed E-state index contributed by atoms with van der Waals surface area (Å²) in [5.74, 6) is 0.0910. The molecule has 0 spiro atoms. The van der Waals surface area contributed by atoms with Gasteiger partial charge in [-0.2, -0.15) is 0 Å². The molecule has 0 fully saturated rings. The van der Waals surface area contributed by atoms with Crippen molar-refractivity contribution in [2.45, 2.75) is 26.0 Å². The van der Waals surface area contributed by atoms with Crippen molar-refractivity contribution < 1.29 is 24.2 Å². The number of hydrogen-bond acceptors (Lipinski definition) is 4. The normalized spacial score (nSPS) is 11.9. The van der Waals surface area contributed by atoms with Crippen molar-refractivity contribution in [1.29, 1.82) is 0 Å². The Morgan fingerprint density at radius 1 is 1.39 bits per heavy atom. The van der Waals surface area contributed by atoms with Gasteiger partial charge in [-0.3, -0.25) is 0 Å². The van der Waals surface area contributed by atoms with Gasteiger partial charge in [-0.1, -0.05) is 0 Å². The van der Waals surface area contributed by atoms with E-state index in [0.717, 1.165) is 5.76 Å². The Morgan fingerprint density at radius 2 is 2.11 bits per heavy atom. The molecule has 0 saturated carbocycles. The summed E-state index contributed by atoms with van der Waals surface area (Å²) in [6.07, 6.45) is -1.50. The first-order chi connectivity index (χ1) is 8.49. The van der Waals surface area contributed by atoms with Crippen LogP contribution in [0.2, 0.25) is 0 Å². The molecule has 0 radical (unpaired) electrons. The molecular weight excluding hydrogens is 240 g/mol. The molecule has 1 atom stereocenters. The summed E-state index contributed by atoms with van der Waals surface area (Å²) in [6.45, 7) is 2.13. The van der Waals surface area contributed by atoms with E-state index in [4.69, 9.17) is 14.6 Å². The third-order valence-electron chi connectivity index (χ3n) is 2.21. The van der Waals surface area contributed by atoms with Crippen LogP contribution in [0.5, 0.6) is 0 Å². The van der Waals surface area contributed by atoms with E-state index in [9.17, 15) is 9.59 Å². The van der Waals surface area contributed by atoms with E-state index in [1.165, 1.54) is 0 Å². The number of carboxylic acids is 1. The lowest BCUT2D eigenvalue weighted by Crippen LogP contribution is -2.37. The first-order valence-electron chi connectivity index (χ1n) is 5.47. The average molecular weight is 256 g/mol. The third kappa shape index (κ3) is 4.88. The van der Waals surface area contributed by atoms with E-state index >= 15 is 0 Å². The molecule has 1 aromatic heterocycles. The van der Waals surface area contributed by atoms with Crippen LogP contribution in [0.15, 0.2) is 16.5 Å². The van der Waals surface area contributed by atoms with Gasteiger partial charge in [-0.25, -0.2) is 9.59 Å². The highest BCUT2D eigenvalue weighted by Gasteiger charge is 2.12. The van der Waals surface area contributed by atoms with Gasteiger partial charge in [0.2, 0.25) is 0 Å². The summed E-state index contributed by atoms with van der Waals surface area (Å²) in [7, 11) is 0. The fourth-order valence-electron chi connectivity index (χ4n) is 1.26. The van der Waals surface area contributed by atoms with Gasteiger partial charge in [0.25, 0.3) is 0 Å². The molecule has 1 heterocycles. The van der Waals surface area contributed by atoms with E-state index in [0.29, 0.717) is 5.76 Å². The van der Waals surface area contributed by atoms with Crippen molar-refractivity contribution in [2.24, 2.45) is 0 Å². The zero-order valence-electron chi connectivity index (χ0n) is 9.97. The lowest BCUT2D eigenvalue weighted by molar-refractivity contribution is -0.146. The Bertz CT molecular complexity index is 415. The molecule has 100 valence electrons. The second-order valence-electron chi connectivity index (χ2n) is 3.76. The number of urea groups is 1. The second kappa shape index (κ2) is 6.65. The molecule has 0 aliphatic carbocycles. The number of aliphatic carboxylic acids is 1. The number of carboxylic acid groups (broad SMARTS) is 1. The van der Waals surface area contributed by atoms with Crippen LogP contribution in [0.1, 0.15) is 17.9 Å². The van der Waals surface area contributed by atoms with Crippen molar-refractivity contribution in [1.82, 2.24) is 10.6 Å². The highest BCUT2D eigenvalue weighted by atomic mass is 16.4. The van der Waals surface area contributed by atoms with Gasteiger partial charge >= 0.3 is 12.0 Å². The smallest absolute Gasteiger partial charge is 0.332 e. The number of nitrogens with one attached hydrogen (secondary N) is 2. The molecule has 1 unspecified atom stereocenters. The maximum atomic E-state index is 11.3. The van der Waals surface area contributed by atoms with Crippen LogP contribution in [0.25, 0.3) is 0 Å². The first-order valence-corrected chi connectivity index (χ1v) is 5.47. The summed E-state index contributed by atoms with van der Waals surface area (Å²) in [4.78, 5) is 21.6. The van der Waals surface area contributed by atoms with Crippen LogP contribution >= 0.6 is 0 Å². The lowest BCUT2D eigenvalue weighted by Gasteiger charge is -2.08. The van der Waals surface area contributed by atoms with Crippen molar-refractivity contribution in [3.8, 4) is 0 Å². The number of aryl methyl sites for hydroxylation is 1. The van der Waals surface area contributed by atoms with Crippen molar-refractivity contribution >= 4 is 12.0 Å². The van der Waals surface area contributed by atoms with Gasteiger partial charge in [-0.15, -0.1) is 0 Å². The number of carbonyl (C=O) groups excluding carboxylic acids is 1. The minimum atomic E-state index is -1.46. The standard InChI is InChI=1S/C11H16N2O5/c1-7-2-3-8(18-7)6-13-11(17)12-5-4-9(14)10(15)16/h2-3,9,14H,4-6H2,1H3,(H,15,16)(H2,12,13,17). The van der Waals surface area contributed by atoms with Crippen LogP contribution in [0, 0.1) is 6.92 Å². The summed E-state index contributed by atoms with van der Waals surface area (Å²) in [5, 5.41) is 22.3. The molecule has 2 amide bonds. The lowest BCUT2D eigenvalue weighted by atomic mass is 10.2. The van der Waals surface area contributed by atoms with Crippen molar-refractivity contribution in [3.05, 3.63) is 23.7 Å². The zero-order valence-corrected chi connectivity index (χ0v) is 9.97. The second-order valence-corrected chi connectivity index (χ2v) is 3.76. The first kappa shape index (κ1) is 14.0. The Labute approximate surface area is 104 Å². The monoisotopic (exact) mass is 256 g/mol. The number of carbonyl (C=O) groups is 2. The molecule has 0 saturated heterocycles. The van der Waals surface area contributed by atoms with Crippen LogP contribution in [-0.4, -0.2) is 34.9 Å². The van der Waals surface area contributed by atoms with Gasteiger partial charge in [0.1, 0.15) is 11.5 Å². The minimum absolute atomic E-state index is 0.0391. The molecule has 7 heteroatoms.